The molecule has 0 radical (unpaired) electrons. The third kappa shape index (κ3) is 31.5. The summed E-state index contributed by atoms with van der Waals surface area (Å²) in [5.74, 6) is -2.37. The van der Waals surface area contributed by atoms with Crippen LogP contribution in [0.5, 0.6) is 0 Å². The molecule has 11 nitrogen and oxygen atoms in total. The standard InChI is InChI=1S/C35H68NO10P/c1-3-5-7-9-11-12-13-14-15-16-17-18-19-21-22-24-26-33(38)36-32(35(40)41)30-46-47(42,43)45-29-31(37)28-44-34(39)27-25-23-20-10-8-6-4-2/h31-32,37H,3-30H2,1-2H3,(H,36,38)(H,40,41)(H,42,43). The number of carboxylic acids is 1. The third-order valence-electron chi connectivity index (χ3n) is 8.15. The fourth-order valence-electron chi connectivity index (χ4n) is 5.20. The highest BCUT2D eigenvalue weighted by Crippen LogP contribution is 2.43. The second-order valence-corrected chi connectivity index (χ2v) is 14.2. The number of carbonyl (C=O) groups is 3. The highest BCUT2D eigenvalue weighted by atomic mass is 31.2. The van der Waals surface area contributed by atoms with E-state index in [0.29, 0.717) is 12.8 Å². The van der Waals surface area contributed by atoms with Crippen LogP contribution in [0.1, 0.15) is 174 Å². The van der Waals surface area contributed by atoms with E-state index in [-0.39, 0.29) is 12.8 Å². The van der Waals surface area contributed by atoms with Crippen molar-refractivity contribution in [2.45, 2.75) is 187 Å². The molecular weight excluding hydrogens is 625 g/mol. The van der Waals surface area contributed by atoms with Gasteiger partial charge < -0.3 is 25.2 Å². The van der Waals surface area contributed by atoms with Crippen LogP contribution in [0.15, 0.2) is 0 Å². The topological polar surface area (TPSA) is 169 Å². The number of hydrogen-bond acceptors (Lipinski definition) is 8. The Morgan fingerprint density at radius 2 is 0.979 bits per heavy atom. The van der Waals surface area contributed by atoms with Gasteiger partial charge in [0.1, 0.15) is 12.7 Å². The van der Waals surface area contributed by atoms with Gasteiger partial charge in [-0.25, -0.2) is 9.36 Å². The van der Waals surface area contributed by atoms with Gasteiger partial charge in [0.05, 0.1) is 13.2 Å². The van der Waals surface area contributed by atoms with Crippen LogP contribution in [-0.2, 0) is 32.7 Å². The molecular formula is C35H68NO10P. The highest BCUT2D eigenvalue weighted by Gasteiger charge is 2.28. The van der Waals surface area contributed by atoms with Crippen molar-refractivity contribution >= 4 is 25.7 Å². The van der Waals surface area contributed by atoms with E-state index in [9.17, 15) is 34.1 Å². The van der Waals surface area contributed by atoms with E-state index in [1.807, 2.05) is 0 Å². The Morgan fingerprint density at radius 1 is 0.596 bits per heavy atom. The van der Waals surface area contributed by atoms with Crippen LogP contribution in [0, 0.1) is 0 Å². The number of hydrogen-bond donors (Lipinski definition) is 4. The predicted molar refractivity (Wildman–Crippen MR) is 185 cm³/mol. The molecule has 0 aromatic carbocycles. The fourth-order valence-corrected chi connectivity index (χ4v) is 5.97. The molecule has 0 rings (SSSR count). The number of aliphatic hydroxyl groups excluding tert-OH is 1. The summed E-state index contributed by atoms with van der Waals surface area (Å²) in [6.45, 7) is 2.53. The van der Waals surface area contributed by atoms with Crippen LogP contribution < -0.4 is 5.32 Å². The first-order chi connectivity index (χ1) is 22.6. The van der Waals surface area contributed by atoms with E-state index in [0.717, 1.165) is 38.5 Å². The summed E-state index contributed by atoms with van der Waals surface area (Å²) < 4.78 is 26.6. The molecule has 278 valence electrons. The Balaban J connectivity index is 3.94. The maximum Gasteiger partial charge on any atom is 0.472 e. The SMILES string of the molecule is CCCCCCCCCCCCCCCCCCC(=O)NC(COP(=O)(O)OCC(O)COC(=O)CCCCCCCCC)C(=O)O. The van der Waals surface area contributed by atoms with Gasteiger partial charge in [-0.3, -0.25) is 18.6 Å². The van der Waals surface area contributed by atoms with Gasteiger partial charge in [0.25, 0.3) is 0 Å². The van der Waals surface area contributed by atoms with Crippen molar-refractivity contribution in [3.63, 3.8) is 0 Å². The van der Waals surface area contributed by atoms with Crippen LogP contribution in [0.25, 0.3) is 0 Å². The van der Waals surface area contributed by atoms with Gasteiger partial charge in [0.15, 0.2) is 6.04 Å². The fraction of sp³-hybridized carbons (Fsp3) is 0.914. The molecule has 4 N–H and O–H groups in total. The van der Waals surface area contributed by atoms with Gasteiger partial charge in [-0.1, -0.05) is 149 Å². The maximum absolute atomic E-state index is 12.2. The van der Waals surface area contributed by atoms with Gasteiger partial charge in [-0.05, 0) is 12.8 Å². The van der Waals surface area contributed by atoms with E-state index >= 15 is 0 Å². The second-order valence-electron chi connectivity index (χ2n) is 12.8. The first-order valence-corrected chi connectivity index (χ1v) is 20.1. The number of aliphatic hydroxyl groups is 1. The number of phosphoric ester groups is 1. The molecule has 47 heavy (non-hydrogen) atoms. The first-order valence-electron chi connectivity index (χ1n) is 18.6. The first kappa shape index (κ1) is 45.5. The lowest BCUT2D eigenvalue weighted by Crippen LogP contribution is -2.43. The summed E-state index contributed by atoms with van der Waals surface area (Å²) in [6.07, 6.45) is 25.9. The molecule has 0 aromatic rings. The molecule has 0 fully saturated rings. The lowest BCUT2D eigenvalue weighted by molar-refractivity contribution is -0.147. The summed E-state index contributed by atoms with van der Waals surface area (Å²) in [5.41, 5.74) is 0. The van der Waals surface area contributed by atoms with E-state index in [1.165, 1.54) is 96.3 Å². The van der Waals surface area contributed by atoms with Crippen molar-refractivity contribution < 1.29 is 47.8 Å². The van der Waals surface area contributed by atoms with Crippen molar-refractivity contribution in [1.82, 2.24) is 5.32 Å². The van der Waals surface area contributed by atoms with E-state index in [4.69, 9.17) is 13.8 Å². The Morgan fingerprint density at radius 3 is 1.40 bits per heavy atom. The second kappa shape index (κ2) is 31.7. The van der Waals surface area contributed by atoms with E-state index < -0.39 is 57.6 Å². The lowest BCUT2D eigenvalue weighted by atomic mass is 10.0. The average molecular weight is 694 g/mol. The number of rotatable bonds is 35. The van der Waals surface area contributed by atoms with Crippen molar-refractivity contribution in [1.29, 1.82) is 0 Å². The van der Waals surface area contributed by atoms with Crippen molar-refractivity contribution in [3.05, 3.63) is 0 Å². The molecule has 3 unspecified atom stereocenters. The number of unbranched alkanes of at least 4 members (excludes halogenated alkanes) is 21. The Labute approximate surface area is 284 Å². The molecule has 0 saturated carbocycles. The van der Waals surface area contributed by atoms with E-state index in [2.05, 4.69) is 19.2 Å². The number of ether oxygens (including phenoxy) is 1. The summed E-state index contributed by atoms with van der Waals surface area (Å²) in [6, 6.07) is -1.54. The number of aliphatic carboxylic acids is 1. The Hall–Kier alpha value is -1.52. The van der Waals surface area contributed by atoms with Crippen molar-refractivity contribution in [3.8, 4) is 0 Å². The normalized spacial score (nSPS) is 14.0. The number of phosphoric acid groups is 1. The van der Waals surface area contributed by atoms with E-state index in [1.54, 1.807) is 0 Å². The highest BCUT2D eigenvalue weighted by molar-refractivity contribution is 7.47. The minimum Gasteiger partial charge on any atom is -0.480 e. The largest absolute Gasteiger partial charge is 0.480 e. The van der Waals surface area contributed by atoms with Gasteiger partial charge >= 0.3 is 19.8 Å². The average Bonchev–Trinajstić information content (AvgIpc) is 3.04. The van der Waals surface area contributed by atoms with Gasteiger partial charge in [0.2, 0.25) is 5.91 Å². The van der Waals surface area contributed by atoms with Crippen LogP contribution >= 0.6 is 7.82 Å². The smallest absolute Gasteiger partial charge is 0.472 e. The molecule has 3 atom stereocenters. The van der Waals surface area contributed by atoms with Crippen molar-refractivity contribution in [2.75, 3.05) is 19.8 Å². The van der Waals surface area contributed by atoms with Crippen LogP contribution in [-0.4, -0.2) is 64.9 Å². The number of carbonyl (C=O) groups excluding carboxylic acids is 2. The number of carboxylic acid groups (broad SMARTS) is 1. The lowest BCUT2D eigenvalue weighted by Gasteiger charge is -2.18. The van der Waals surface area contributed by atoms with Crippen LogP contribution in [0.4, 0.5) is 0 Å². The molecule has 0 aliphatic carbocycles. The Kier molecular flexibility index (Phi) is 30.7. The molecule has 0 spiro atoms. The number of amides is 1. The molecule has 0 saturated heterocycles. The minimum atomic E-state index is -4.73. The molecule has 0 aliphatic rings. The third-order valence-corrected chi connectivity index (χ3v) is 9.10. The number of nitrogens with one attached hydrogen (secondary N) is 1. The van der Waals surface area contributed by atoms with Crippen molar-refractivity contribution in [2.24, 2.45) is 0 Å². The summed E-state index contributed by atoms with van der Waals surface area (Å²) in [7, 11) is -4.73. The number of esters is 1. The minimum absolute atomic E-state index is 0.152. The molecule has 12 heteroatoms. The summed E-state index contributed by atoms with van der Waals surface area (Å²) in [5, 5.41) is 21.6. The molecule has 0 aliphatic heterocycles. The predicted octanol–water partition coefficient (Wildman–Crippen LogP) is 8.39. The van der Waals surface area contributed by atoms with Crippen LogP contribution in [0.3, 0.4) is 0 Å². The van der Waals surface area contributed by atoms with Gasteiger partial charge in [0, 0.05) is 12.8 Å². The molecule has 0 bridgehead atoms. The Bertz CT molecular complexity index is 828. The monoisotopic (exact) mass is 693 g/mol. The van der Waals surface area contributed by atoms with Gasteiger partial charge in [-0.2, -0.15) is 0 Å². The zero-order valence-electron chi connectivity index (χ0n) is 29.6. The molecule has 0 heterocycles. The maximum atomic E-state index is 12.2. The van der Waals surface area contributed by atoms with Gasteiger partial charge in [-0.15, -0.1) is 0 Å². The molecule has 1 amide bonds. The molecule has 0 aromatic heterocycles. The summed E-state index contributed by atoms with van der Waals surface area (Å²) >= 11 is 0. The summed E-state index contributed by atoms with van der Waals surface area (Å²) in [4.78, 5) is 45.5. The zero-order valence-corrected chi connectivity index (χ0v) is 30.5. The van der Waals surface area contributed by atoms with Crippen LogP contribution in [0.2, 0.25) is 0 Å². The quantitative estimate of drug-likeness (QED) is 0.0287. The zero-order chi connectivity index (χ0) is 35.0.